The number of rotatable bonds is 1. The van der Waals surface area contributed by atoms with Gasteiger partial charge in [-0.1, -0.05) is 0 Å². The summed E-state index contributed by atoms with van der Waals surface area (Å²) in [6.45, 7) is 0. The second kappa shape index (κ2) is 3.77. The maximum Gasteiger partial charge on any atom is 0.537 e. The van der Waals surface area contributed by atoms with Gasteiger partial charge in [-0.05, 0) is 0 Å². The van der Waals surface area contributed by atoms with E-state index in [0.717, 1.165) is 0 Å². The summed E-state index contributed by atoms with van der Waals surface area (Å²) in [5, 5.41) is 0. The molecule has 0 aromatic rings. The Morgan fingerprint density at radius 3 is 1.78 bits per heavy atom. The number of hydrogen-bond acceptors (Lipinski definition) is 3. The quantitative estimate of drug-likeness (QED) is 0.566. The molecule has 8 heteroatoms. The lowest BCUT2D eigenvalue weighted by atomic mass is 11.4. The summed E-state index contributed by atoms with van der Waals surface area (Å²) in [7, 11) is 0. The van der Waals surface area contributed by atoms with Crippen LogP contribution >= 0.6 is 0 Å². The lowest BCUT2D eigenvalue weighted by Crippen LogP contribution is -2.14. The summed E-state index contributed by atoms with van der Waals surface area (Å²) in [6, 6.07) is 0. The van der Waals surface area contributed by atoms with Crippen molar-refractivity contribution in [2.45, 2.75) is 6.36 Å². The third kappa shape index (κ3) is 11.4. The second-order valence-corrected chi connectivity index (χ2v) is 1.35. The molecule has 0 amide bonds. The molecule has 0 rings (SSSR count). The number of alkyl halides is 3. The van der Waals surface area contributed by atoms with E-state index in [1.807, 2.05) is 0 Å². The minimum atomic E-state index is -5.03. The van der Waals surface area contributed by atoms with E-state index in [9.17, 15) is 17.4 Å². The molecule has 4 nitrogen and oxygen atoms in total. The molecule has 0 saturated carbocycles. The van der Waals surface area contributed by atoms with Crippen molar-refractivity contribution in [2.24, 2.45) is 0 Å². The van der Waals surface area contributed by atoms with Crippen molar-refractivity contribution >= 4 is 11.4 Å². The fourth-order valence-corrected chi connectivity index (χ4v) is 0.243. The summed E-state index contributed by atoms with van der Waals surface area (Å²) in [6.07, 6.45) is -5.03. The molecule has 0 aliphatic carbocycles. The van der Waals surface area contributed by atoms with Crippen LogP contribution in [0.4, 0.5) is 13.2 Å². The maximum absolute atomic E-state index is 10.7. The van der Waals surface area contributed by atoms with Crippen LogP contribution < -0.4 is 6.15 Å². The highest BCUT2D eigenvalue weighted by atomic mass is 32.2. The van der Waals surface area contributed by atoms with Gasteiger partial charge in [-0.2, -0.15) is 8.39 Å². The van der Waals surface area contributed by atoms with E-state index >= 15 is 0 Å². The molecular formula is CH4F3NO3S. The standard InChI is InChI=1S/CHF3O3S.H3N/c2-1(3,4)7-8(5)6;/h(H,5,6);1H3. The summed E-state index contributed by atoms with van der Waals surface area (Å²) in [5.41, 5.74) is 0. The largest absolute Gasteiger partial charge is 0.537 e. The Balaban J connectivity index is 0. The summed E-state index contributed by atoms with van der Waals surface area (Å²) >= 11 is -3.26. The van der Waals surface area contributed by atoms with Crippen molar-refractivity contribution in [2.75, 3.05) is 0 Å². The first-order valence-electron chi connectivity index (χ1n) is 1.29. The van der Waals surface area contributed by atoms with Crippen LogP contribution in [0.3, 0.4) is 0 Å². The topological polar surface area (TPSA) is 81.5 Å². The molecule has 1 atom stereocenters. The van der Waals surface area contributed by atoms with E-state index < -0.39 is 17.7 Å². The van der Waals surface area contributed by atoms with Gasteiger partial charge in [-0.15, -0.1) is 13.2 Å². The Hall–Kier alpha value is -0.180. The van der Waals surface area contributed by atoms with Crippen LogP contribution in [0.15, 0.2) is 0 Å². The van der Waals surface area contributed by atoms with Gasteiger partial charge in [0.2, 0.25) is 0 Å². The zero-order chi connectivity index (χ0) is 6.78. The number of halogens is 3. The molecule has 9 heavy (non-hydrogen) atoms. The first-order valence-corrected chi connectivity index (χ1v) is 2.32. The van der Waals surface area contributed by atoms with Crippen LogP contribution in [0.25, 0.3) is 0 Å². The Morgan fingerprint density at radius 2 is 1.78 bits per heavy atom. The molecule has 4 N–H and O–H groups in total. The lowest BCUT2D eigenvalue weighted by molar-refractivity contribution is -0.272. The second-order valence-electron chi connectivity index (χ2n) is 0.746. The van der Waals surface area contributed by atoms with Crippen molar-refractivity contribution < 1.29 is 26.1 Å². The average Bonchev–Trinajstić information content (AvgIpc) is 1.21. The van der Waals surface area contributed by atoms with Crippen molar-refractivity contribution in [3.05, 3.63) is 0 Å². The van der Waals surface area contributed by atoms with E-state index in [4.69, 9.17) is 4.55 Å². The van der Waals surface area contributed by atoms with Gasteiger partial charge >= 0.3 is 17.7 Å². The summed E-state index contributed by atoms with van der Waals surface area (Å²) in [5.74, 6) is 0. The van der Waals surface area contributed by atoms with Crippen LogP contribution in [0.1, 0.15) is 0 Å². The molecule has 0 aromatic carbocycles. The highest BCUT2D eigenvalue weighted by Crippen LogP contribution is 2.16. The predicted molar refractivity (Wildman–Crippen MR) is 22.9 cm³/mol. The normalized spacial score (nSPS) is 14.2. The maximum atomic E-state index is 10.7. The highest BCUT2D eigenvalue weighted by molar-refractivity contribution is 7.74. The Labute approximate surface area is 51.1 Å². The van der Waals surface area contributed by atoms with Gasteiger partial charge in [0, 0.05) is 0 Å². The zero-order valence-electron chi connectivity index (χ0n) is 4.01. The minimum absolute atomic E-state index is 0. The van der Waals surface area contributed by atoms with E-state index in [2.05, 4.69) is 4.18 Å². The monoisotopic (exact) mass is 167 g/mol. The van der Waals surface area contributed by atoms with E-state index in [-0.39, 0.29) is 6.15 Å². The fraction of sp³-hybridized carbons (Fsp3) is 1.00. The fourth-order valence-electron chi connectivity index (χ4n) is 0.0808. The molecule has 0 spiro atoms. The van der Waals surface area contributed by atoms with Gasteiger partial charge in [-0.3, -0.25) is 4.55 Å². The lowest BCUT2D eigenvalue weighted by Gasteiger charge is -1.98. The minimum Gasteiger partial charge on any atom is -0.344 e. The van der Waals surface area contributed by atoms with Crippen molar-refractivity contribution in [3.63, 3.8) is 0 Å². The zero-order valence-corrected chi connectivity index (χ0v) is 4.83. The Morgan fingerprint density at radius 1 is 1.44 bits per heavy atom. The first kappa shape index (κ1) is 11.6. The number of hydrogen-bond donors (Lipinski definition) is 2. The summed E-state index contributed by atoms with van der Waals surface area (Å²) in [4.78, 5) is 0. The molecule has 0 heterocycles. The van der Waals surface area contributed by atoms with Gasteiger partial charge in [0.1, 0.15) is 0 Å². The molecule has 0 bridgehead atoms. The molecule has 0 aromatic heterocycles. The van der Waals surface area contributed by atoms with Gasteiger partial charge in [0.25, 0.3) is 0 Å². The van der Waals surface area contributed by atoms with Crippen molar-refractivity contribution in [3.8, 4) is 0 Å². The Kier molecular flexibility index (Phi) is 4.86. The SMILES string of the molecule is N.O=S(O)OC(F)(F)F. The molecule has 0 aliphatic rings. The molecule has 1 unspecified atom stereocenters. The first-order chi connectivity index (χ1) is 3.42. The van der Waals surface area contributed by atoms with Crippen molar-refractivity contribution in [1.82, 2.24) is 6.15 Å². The molecule has 0 saturated heterocycles. The van der Waals surface area contributed by atoms with E-state index in [1.54, 1.807) is 0 Å². The van der Waals surface area contributed by atoms with Crippen LogP contribution in [0.2, 0.25) is 0 Å². The molecular weight excluding hydrogens is 163 g/mol. The van der Waals surface area contributed by atoms with Crippen molar-refractivity contribution in [1.29, 1.82) is 0 Å². The third-order valence-corrected chi connectivity index (χ3v) is 0.497. The van der Waals surface area contributed by atoms with Crippen LogP contribution in [0.5, 0.6) is 0 Å². The third-order valence-electron chi connectivity index (χ3n) is 0.166. The van der Waals surface area contributed by atoms with Crippen LogP contribution in [-0.4, -0.2) is 15.1 Å². The Bertz CT molecular complexity index is 102. The van der Waals surface area contributed by atoms with Crippen LogP contribution in [-0.2, 0) is 15.5 Å². The van der Waals surface area contributed by atoms with Gasteiger partial charge in [0.15, 0.2) is 0 Å². The summed E-state index contributed by atoms with van der Waals surface area (Å²) < 4.78 is 51.3. The smallest absolute Gasteiger partial charge is 0.344 e. The molecule has 0 radical (unpaired) electrons. The molecule has 0 aliphatic heterocycles. The average molecular weight is 167 g/mol. The van der Waals surface area contributed by atoms with Gasteiger partial charge in [-0.25, -0.2) is 0 Å². The molecule has 0 fully saturated rings. The van der Waals surface area contributed by atoms with E-state index in [1.165, 1.54) is 0 Å². The van der Waals surface area contributed by atoms with E-state index in [0.29, 0.717) is 0 Å². The van der Waals surface area contributed by atoms with Crippen LogP contribution in [0, 0.1) is 0 Å². The van der Waals surface area contributed by atoms with Gasteiger partial charge in [0.05, 0.1) is 0 Å². The predicted octanol–water partition coefficient (Wildman–Crippen LogP) is 0.822. The highest BCUT2D eigenvalue weighted by Gasteiger charge is 2.32. The van der Waals surface area contributed by atoms with Gasteiger partial charge < -0.3 is 6.15 Å². The molecule has 58 valence electrons.